The van der Waals surface area contributed by atoms with Gasteiger partial charge in [0.05, 0.1) is 23.7 Å². The second-order valence-corrected chi connectivity index (χ2v) is 3.82. The zero-order valence-corrected chi connectivity index (χ0v) is 10.1. The Morgan fingerprint density at radius 1 is 1.33 bits per heavy atom. The normalized spacial score (nSPS) is 12.9. The minimum Gasteiger partial charge on any atom is -0.375 e. The monoisotopic (exact) mass is 251 g/mol. The topological polar surface area (TPSA) is 27.1 Å². The van der Waals surface area contributed by atoms with Gasteiger partial charge in [-0.2, -0.15) is 5.10 Å². The van der Waals surface area contributed by atoms with Crippen LogP contribution in [0.2, 0.25) is 0 Å². The quantitative estimate of drug-likeness (QED) is 0.833. The summed E-state index contributed by atoms with van der Waals surface area (Å²) in [6.07, 6.45) is -1.36. The maximum absolute atomic E-state index is 13.0. The molecule has 0 bridgehead atoms. The first-order chi connectivity index (χ1) is 8.65. The first kappa shape index (κ1) is 12.7. The van der Waals surface area contributed by atoms with Crippen LogP contribution < -0.4 is 0 Å². The molecule has 1 heterocycles. The summed E-state index contributed by atoms with van der Waals surface area (Å²) >= 11 is 0. The van der Waals surface area contributed by atoms with Crippen LogP contribution in [0.3, 0.4) is 0 Å². The van der Waals surface area contributed by atoms with Gasteiger partial charge in [-0.05, 0) is 13.0 Å². The second kappa shape index (κ2) is 5.27. The highest BCUT2D eigenvalue weighted by Crippen LogP contribution is 2.27. The van der Waals surface area contributed by atoms with Crippen molar-refractivity contribution in [1.29, 1.82) is 0 Å². The molecular weight excluding hydrogens is 238 g/mol. The number of ether oxygens (including phenoxy) is 1. The molecule has 0 saturated heterocycles. The average molecular weight is 251 g/mol. The van der Waals surface area contributed by atoms with Crippen molar-refractivity contribution in [2.24, 2.45) is 0 Å². The molecule has 1 aromatic carbocycles. The number of aromatic nitrogens is 2. The van der Waals surface area contributed by atoms with Gasteiger partial charge in [0.1, 0.15) is 0 Å². The molecule has 0 spiro atoms. The van der Waals surface area contributed by atoms with E-state index < -0.39 is 6.43 Å². The van der Waals surface area contributed by atoms with Crippen LogP contribution in [-0.4, -0.2) is 16.9 Å². The van der Waals surface area contributed by atoms with Crippen LogP contribution in [0.1, 0.15) is 30.7 Å². The molecule has 5 heteroatoms. The van der Waals surface area contributed by atoms with E-state index in [1.165, 1.54) is 16.9 Å². The fraction of sp³-hybridized carbons (Fsp3) is 0.308. The predicted octanol–water partition coefficient (Wildman–Crippen LogP) is 3.32. The Bertz CT molecular complexity index is 525. The number of nitrogens with zero attached hydrogens (tertiary/aromatic N) is 2. The number of methoxy groups -OCH3 is 1. The van der Waals surface area contributed by atoms with E-state index in [0.29, 0.717) is 11.4 Å². The third kappa shape index (κ3) is 2.26. The predicted molar refractivity (Wildman–Crippen MR) is 62.8 cm³/mol. The number of halogens is 2. The summed E-state index contributed by atoms with van der Waals surface area (Å²) in [7, 11) is 1.55. The van der Waals surface area contributed by atoms with Crippen molar-refractivity contribution >= 4 is 0 Å². The molecule has 1 unspecified atom stereocenters. The summed E-state index contributed by atoms with van der Waals surface area (Å²) in [5.41, 5.74) is 0.914. The number of alkyl halides is 2. The molecule has 0 N–H and O–H groups in total. The molecule has 18 heavy (non-hydrogen) atoms. The van der Waals surface area contributed by atoms with E-state index >= 15 is 0 Å². The number of hydrogen-bond donors (Lipinski definition) is 0. The van der Waals surface area contributed by atoms with Crippen molar-refractivity contribution in [3.63, 3.8) is 0 Å². The van der Waals surface area contributed by atoms with Gasteiger partial charge in [-0.1, -0.05) is 18.2 Å². The first-order valence-electron chi connectivity index (χ1n) is 5.51. The van der Waals surface area contributed by atoms with E-state index in [4.69, 9.17) is 4.74 Å². The van der Waals surface area contributed by atoms with Gasteiger partial charge in [0.15, 0.2) is 0 Å². The highest BCUT2D eigenvalue weighted by Gasteiger charge is 2.18. The van der Waals surface area contributed by atoms with Crippen LogP contribution in [0.4, 0.5) is 8.78 Å². The van der Waals surface area contributed by atoms with Gasteiger partial charge >= 0.3 is 0 Å². The number of rotatable bonds is 4. The van der Waals surface area contributed by atoms with Crippen LogP contribution in [0, 0.1) is 6.07 Å². The molecule has 0 fully saturated rings. The smallest absolute Gasteiger partial charge is 0.265 e. The summed E-state index contributed by atoms with van der Waals surface area (Å²) in [4.78, 5) is 0. The number of para-hydroxylation sites is 1. The van der Waals surface area contributed by atoms with E-state index in [-0.39, 0.29) is 11.7 Å². The van der Waals surface area contributed by atoms with Gasteiger partial charge in [0.2, 0.25) is 0 Å². The van der Waals surface area contributed by atoms with Gasteiger partial charge in [0.25, 0.3) is 6.43 Å². The Balaban J connectivity index is 2.52. The van der Waals surface area contributed by atoms with Crippen LogP contribution >= 0.6 is 0 Å². The Hall–Kier alpha value is -1.75. The molecule has 95 valence electrons. The van der Waals surface area contributed by atoms with Crippen molar-refractivity contribution in [3.8, 4) is 5.69 Å². The van der Waals surface area contributed by atoms with Gasteiger partial charge in [-0.3, -0.25) is 0 Å². The highest BCUT2D eigenvalue weighted by atomic mass is 19.3. The molecule has 0 amide bonds. The lowest BCUT2D eigenvalue weighted by Gasteiger charge is -2.15. The molecular formula is C13H13F2N2O. The van der Waals surface area contributed by atoms with Crippen molar-refractivity contribution in [1.82, 2.24) is 9.78 Å². The van der Waals surface area contributed by atoms with Gasteiger partial charge < -0.3 is 4.74 Å². The van der Waals surface area contributed by atoms with Crippen LogP contribution in [0.25, 0.3) is 5.69 Å². The van der Waals surface area contributed by atoms with E-state index in [1.54, 1.807) is 25.3 Å². The van der Waals surface area contributed by atoms with E-state index in [1.807, 2.05) is 6.92 Å². The molecule has 1 radical (unpaired) electrons. The maximum atomic E-state index is 13.0. The van der Waals surface area contributed by atoms with E-state index in [9.17, 15) is 8.78 Å². The minimum absolute atomic E-state index is 0.0563. The average Bonchev–Trinajstić information content (AvgIpc) is 2.86. The van der Waals surface area contributed by atoms with Crippen LogP contribution in [-0.2, 0) is 4.74 Å². The lowest BCUT2D eigenvalue weighted by Crippen LogP contribution is -2.09. The van der Waals surface area contributed by atoms with Gasteiger partial charge in [-0.15, -0.1) is 0 Å². The second-order valence-electron chi connectivity index (χ2n) is 3.82. The molecule has 0 aliphatic heterocycles. The van der Waals surface area contributed by atoms with Crippen LogP contribution in [0.5, 0.6) is 0 Å². The summed E-state index contributed by atoms with van der Waals surface area (Å²) < 4.78 is 32.5. The lowest BCUT2D eigenvalue weighted by atomic mass is 10.1. The molecule has 1 aromatic heterocycles. The molecule has 2 aromatic rings. The molecule has 0 aliphatic carbocycles. The zero-order valence-electron chi connectivity index (χ0n) is 10.1. The van der Waals surface area contributed by atoms with E-state index in [2.05, 4.69) is 11.2 Å². The Kier molecular flexibility index (Phi) is 3.72. The van der Waals surface area contributed by atoms with Crippen molar-refractivity contribution < 1.29 is 13.5 Å². The third-order valence-corrected chi connectivity index (χ3v) is 2.75. The lowest BCUT2D eigenvalue weighted by molar-refractivity contribution is 0.113. The molecule has 0 saturated carbocycles. The molecule has 2 rings (SSSR count). The van der Waals surface area contributed by atoms with Gasteiger partial charge in [-0.25, -0.2) is 13.5 Å². The van der Waals surface area contributed by atoms with Crippen molar-refractivity contribution in [3.05, 3.63) is 47.8 Å². The SMILES string of the molecule is COC(C)c1[c]cnn1-c1ccccc1C(F)F. The zero-order chi connectivity index (χ0) is 13.1. The Morgan fingerprint density at radius 3 is 2.72 bits per heavy atom. The maximum Gasteiger partial charge on any atom is 0.265 e. The van der Waals surface area contributed by atoms with Crippen LogP contribution in [0.15, 0.2) is 30.5 Å². The first-order valence-corrected chi connectivity index (χ1v) is 5.51. The minimum atomic E-state index is -2.55. The number of benzene rings is 1. The summed E-state index contributed by atoms with van der Waals surface area (Å²) in [6.45, 7) is 1.81. The third-order valence-electron chi connectivity index (χ3n) is 2.75. The standard InChI is InChI=1S/C13H13F2N2O/c1-9(18-2)11-7-8-16-17(11)12-6-4-3-5-10(12)13(14)15/h3-6,8-9,13H,1-2H3. The number of hydrogen-bond acceptors (Lipinski definition) is 2. The fourth-order valence-electron chi connectivity index (χ4n) is 1.73. The van der Waals surface area contributed by atoms with Crippen molar-refractivity contribution in [2.75, 3.05) is 7.11 Å². The fourth-order valence-corrected chi connectivity index (χ4v) is 1.73. The largest absolute Gasteiger partial charge is 0.375 e. The Labute approximate surface area is 104 Å². The summed E-state index contributed by atoms with van der Waals surface area (Å²) in [6, 6.07) is 9.18. The Morgan fingerprint density at radius 2 is 2.06 bits per heavy atom. The van der Waals surface area contributed by atoms with Crippen molar-refractivity contribution in [2.45, 2.75) is 19.5 Å². The highest BCUT2D eigenvalue weighted by molar-refractivity contribution is 5.42. The van der Waals surface area contributed by atoms with E-state index in [0.717, 1.165) is 0 Å². The summed E-state index contributed by atoms with van der Waals surface area (Å²) in [5.74, 6) is 0. The molecule has 3 nitrogen and oxygen atoms in total. The summed E-state index contributed by atoms with van der Waals surface area (Å²) in [5, 5.41) is 4.05. The molecule has 0 aliphatic rings. The van der Waals surface area contributed by atoms with Gasteiger partial charge in [0, 0.05) is 18.7 Å². The molecule has 1 atom stereocenters.